The van der Waals surface area contributed by atoms with Gasteiger partial charge in [0.05, 0.1) is 11.3 Å². The zero-order chi connectivity index (χ0) is 19.4. The lowest BCUT2D eigenvalue weighted by Gasteiger charge is -2.27. The van der Waals surface area contributed by atoms with E-state index in [1.807, 2.05) is 6.07 Å². The number of aryl methyl sites for hydroxylation is 1. The fourth-order valence-corrected chi connectivity index (χ4v) is 4.01. The number of sulfonamides is 1. The molecule has 7 nitrogen and oxygen atoms in total. The first-order chi connectivity index (χ1) is 12.9. The van der Waals surface area contributed by atoms with Gasteiger partial charge in [0.1, 0.15) is 5.84 Å². The maximum atomic E-state index is 12.4. The predicted molar refractivity (Wildman–Crippen MR) is 107 cm³/mol. The third-order valence-electron chi connectivity index (χ3n) is 4.50. The summed E-state index contributed by atoms with van der Waals surface area (Å²) >= 11 is 0. The van der Waals surface area contributed by atoms with Crippen molar-refractivity contribution in [3.05, 3.63) is 53.8 Å². The molecule has 0 atom stereocenters. The van der Waals surface area contributed by atoms with Crippen molar-refractivity contribution >= 4 is 27.5 Å². The molecule has 1 aromatic carbocycles. The molecular weight excluding hydrogens is 364 g/mol. The van der Waals surface area contributed by atoms with E-state index in [1.54, 1.807) is 23.3 Å². The SMILES string of the molecule is CCN(CCNC(=O)C1=CN2CCS(=O)(=O)N=C2C=C1)c1cccc(C)c1. The van der Waals surface area contributed by atoms with Crippen LogP contribution in [0.25, 0.3) is 0 Å². The van der Waals surface area contributed by atoms with Crippen LogP contribution in [0.4, 0.5) is 5.69 Å². The van der Waals surface area contributed by atoms with Crippen LogP contribution >= 0.6 is 0 Å². The Hall–Kier alpha value is -2.61. The van der Waals surface area contributed by atoms with Gasteiger partial charge >= 0.3 is 0 Å². The molecule has 144 valence electrons. The first-order valence-electron chi connectivity index (χ1n) is 8.97. The molecule has 0 saturated carbocycles. The van der Waals surface area contributed by atoms with Crippen molar-refractivity contribution in [2.24, 2.45) is 4.40 Å². The summed E-state index contributed by atoms with van der Waals surface area (Å²) in [5, 5.41) is 2.93. The Labute approximate surface area is 160 Å². The van der Waals surface area contributed by atoms with E-state index >= 15 is 0 Å². The second kappa shape index (κ2) is 7.96. The summed E-state index contributed by atoms with van der Waals surface area (Å²) < 4.78 is 26.8. The van der Waals surface area contributed by atoms with Gasteiger partial charge in [0.25, 0.3) is 15.9 Å². The quantitative estimate of drug-likeness (QED) is 0.797. The molecule has 0 aromatic heterocycles. The number of hydrogen-bond acceptors (Lipinski definition) is 5. The number of carbonyl (C=O) groups is 1. The third-order valence-corrected chi connectivity index (χ3v) is 5.67. The number of benzene rings is 1. The summed E-state index contributed by atoms with van der Waals surface area (Å²) in [5.41, 5.74) is 2.83. The van der Waals surface area contributed by atoms with E-state index in [-0.39, 0.29) is 11.7 Å². The predicted octanol–water partition coefficient (Wildman–Crippen LogP) is 1.44. The Kier molecular flexibility index (Phi) is 5.65. The van der Waals surface area contributed by atoms with E-state index in [4.69, 9.17) is 0 Å². The van der Waals surface area contributed by atoms with E-state index in [0.717, 1.165) is 12.2 Å². The number of nitrogens with one attached hydrogen (secondary N) is 1. The third kappa shape index (κ3) is 4.77. The number of likely N-dealkylation sites (N-methyl/N-ethyl adjacent to an activating group) is 1. The Bertz CT molecular complexity index is 919. The van der Waals surface area contributed by atoms with Gasteiger partial charge in [-0.15, -0.1) is 4.40 Å². The van der Waals surface area contributed by atoms with Crippen LogP contribution in [0.1, 0.15) is 12.5 Å². The monoisotopic (exact) mass is 388 g/mol. The Morgan fingerprint density at radius 1 is 1.33 bits per heavy atom. The normalized spacial score (nSPS) is 17.6. The topological polar surface area (TPSA) is 82.1 Å². The van der Waals surface area contributed by atoms with Crippen LogP contribution < -0.4 is 10.2 Å². The molecule has 2 heterocycles. The molecule has 1 amide bonds. The van der Waals surface area contributed by atoms with Gasteiger partial charge in [-0.3, -0.25) is 4.79 Å². The Morgan fingerprint density at radius 2 is 2.15 bits per heavy atom. The minimum absolute atomic E-state index is 0.0440. The molecule has 0 spiro atoms. The van der Waals surface area contributed by atoms with Crippen molar-refractivity contribution in [2.45, 2.75) is 13.8 Å². The van der Waals surface area contributed by atoms with Crippen molar-refractivity contribution in [2.75, 3.05) is 36.8 Å². The number of nitrogens with zero attached hydrogens (tertiary/aromatic N) is 3. The number of rotatable bonds is 6. The molecule has 1 N–H and O–H groups in total. The number of anilines is 1. The fraction of sp³-hybridized carbons (Fsp3) is 0.368. The summed E-state index contributed by atoms with van der Waals surface area (Å²) in [4.78, 5) is 16.3. The first-order valence-corrected chi connectivity index (χ1v) is 10.6. The summed E-state index contributed by atoms with van der Waals surface area (Å²) in [6.45, 7) is 6.52. The van der Waals surface area contributed by atoms with Crippen LogP contribution in [0.3, 0.4) is 0 Å². The lowest BCUT2D eigenvalue weighted by Crippen LogP contribution is -2.39. The molecule has 2 aliphatic heterocycles. The van der Waals surface area contributed by atoms with Gasteiger partial charge in [0.2, 0.25) is 0 Å². The lowest BCUT2D eigenvalue weighted by molar-refractivity contribution is -0.117. The van der Waals surface area contributed by atoms with Crippen molar-refractivity contribution in [1.29, 1.82) is 0 Å². The minimum Gasteiger partial charge on any atom is -0.370 e. The van der Waals surface area contributed by atoms with Crippen molar-refractivity contribution in [3.63, 3.8) is 0 Å². The minimum atomic E-state index is -3.39. The average molecular weight is 388 g/mol. The molecule has 8 heteroatoms. The second-order valence-corrected chi connectivity index (χ2v) is 8.28. The molecule has 0 bridgehead atoms. The highest BCUT2D eigenvalue weighted by atomic mass is 32.2. The zero-order valence-corrected chi connectivity index (χ0v) is 16.4. The van der Waals surface area contributed by atoms with Crippen molar-refractivity contribution in [3.8, 4) is 0 Å². The van der Waals surface area contributed by atoms with Crippen molar-refractivity contribution < 1.29 is 13.2 Å². The largest absolute Gasteiger partial charge is 0.370 e. The van der Waals surface area contributed by atoms with Crippen LogP contribution in [-0.4, -0.2) is 57.0 Å². The van der Waals surface area contributed by atoms with Gasteiger partial charge in [0.15, 0.2) is 0 Å². The van der Waals surface area contributed by atoms with Crippen LogP contribution in [0.5, 0.6) is 0 Å². The molecule has 27 heavy (non-hydrogen) atoms. The first kappa shape index (κ1) is 19.2. The van der Waals surface area contributed by atoms with Gasteiger partial charge in [-0.1, -0.05) is 12.1 Å². The number of hydrogen-bond donors (Lipinski definition) is 1. The highest BCUT2D eigenvalue weighted by molar-refractivity contribution is 7.90. The molecule has 0 saturated heterocycles. The Morgan fingerprint density at radius 3 is 2.89 bits per heavy atom. The van der Waals surface area contributed by atoms with Gasteiger partial charge in [-0.25, -0.2) is 8.42 Å². The summed E-state index contributed by atoms with van der Waals surface area (Å²) in [6.07, 6.45) is 4.82. The van der Waals surface area contributed by atoms with Gasteiger partial charge < -0.3 is 15.1 Å². The molecular formula is C19H24N4O3S. The highest BCUT2D eigenvalue weighted by Crippen LogP contribution is 2.17. The summed E-state index contributed by atoms with van der Waals surface area (Å²) in [6, 6.07) is 8.28. The summed E-state index contributed by atoms with van der Waals surface area (Å²) in [7, 11) is -3.39. The zero-order valence-electron chi connectivity index (χ0n) is 15.6. The lowest BCUT2D eigenvalue weighted by atomic mass is 10.1. The molecule has 2 aliphatic rings. The number of carbonyl (C=O) groups excluding carboxylic acids is 1. The number of amides is 1. The molecule has 0 radical (unpaired) electrons. The molecule has 1 aromatic rings. The van der Waals surface area contributed by atoms with E-state index < -0.39 is 10.0 Å². The van der Waals surface area contributed by atoms with Crippen LogP contribution in [0.2, 0.25) is 0 Å². The number of fused-ring (bicyclic) bond motifs is 1. The van der Waals surface area contributed by atoms with Crippen molar-refractivity contribution in [1.82, 2.24) is 10.2 Å². The van der Waals surface area contributed by atoms with E-state index in [2.05, 4.69) is 46.7 Å². The van der Waals surface area contributed by atoms with Crippen LogP contribution in [-0.2, 0) is 14.8 Å². The molecule has 3 rings (SSSR count). The second-order valence-electron chi connectivity index (χ2n) is 6.52. The van der Waals surface area contributed by atoms with Gasteiger partial charge in [-0.05, 0) is 43.7 Å². The van der Waals surface area contributed by atoms with Gasteiger partial charge in [0, 0.05) is 38.1 Å². The van der Waals surface area contributed by atoms with E-state index in [1.165, 1.54) is 5.56 Å². The molecule has 0 aliphatic carbocycles. The fourth-order valence-electron chi connectivity index (χ4n) is 3.04. The average Bonchev–Trinajstić information content (AvgIpc) is 2.64. The maximum Gasteiger partial charge on any atom is 0.256 e. The van der Waals surface area contributed by atoms with Gasteiger partial charge in [-0.2, -0.15) is 0 Å². The highest BCUT2D eigenvalue weighted by Gasteiger charge is 2.24. The van der Waals surface area contributed by atoms with E-state index in [0.29, 0.717) is 31.0 Å². The maximum absolute atomic E-state index is 12.4. The standard InChI is InChI=1S/C19H24N4O3S/c1-3-22(17-6-4-5-15(2)13-17)10-9-20-19(24)16-7-8-18-21-27(25,26)12-11-23(18)14-16/h4-8,13-14H,3,9-12H2,1-2H3,(H,20,24). The summed E-state index contributed by atoms with van der Waals surface area (Å²) in [5.74, 6) is 0.131. The van der Waals surface area contributed by atoms with E-state index in [9.17, 15) is 13.2 Å². The number of amidine groups is 1. The molecule has 0 unspecified atom stereocenters. The Balaban J connectivity index is 1.57. The smallest absolute Gasteiger partial charge is 0.256 e. The van der Waals surface area contributed by atoms with Crippen LogP contribution in [0.15, 0.2) is 52.6 Å². The molecule has 0 fully saturated rings. The van der Waals surface area contributed by atoms with Crippen LogP contribution in [0, 0.1) is 6.92 Å².